The first-order valence-corrected chi connectivity index (χ1v) is 5.20. The summed E-state index contributed by atoms with van der Waals surface area (Å²) in [6, 6.07) is 0. The quantitative estimate of drug-likeness (QED) is 0.648. The lowest BCUT2D eigenvalue weighted by Crippen LogP contribution is -2.23. The molecule has 1 aliphatic rings. The first kappa shape index (κ1) is 10.3. The van der Waals surface area contributed by atoms with Gasteiger partial charge in [0.15, 0.2) is 0 Å². The van der Waals surface area contributed by atoms with Crippen molar-refractivity contribution in [1.29, 1.82) is 0 Å². The third-order valence-electron chi connectivity index (χ3n) is 2.70. The molecule has 1 fully saturated rings. The van der Waals surface area contributed by atoms with E-state index in [2.05, 4.69) is 11.9 Å². The van der Waals surface area contributed by atoms with E-state index in [-0.39, 0.29) is 5.91 Å². The van der Waals surface area contributed by atoms with E-state index < -0.39 is 0 Å². The minimum atomic E-state index is 0.173. The Kier molecular flexibility index (Phi) is 4.58. The summed E-state index contributed by atoms with van der Waals surface area (Å²) in [6.45, 7) is 4.16. The second kappa shape index (κ2) is 5.79. The number of rotatable bonds is 5. The SMILES string of the molecule is C=CCNC(=O)CCC1CCCC1. The topological polar surface area (TPSA) is 29.1 Å². The molecule has 2 nitrogen and oxygen atoms in total. The molecule has 0 atom stereocenters. The average molecular weight is 181 g/mol. The average Bonchev–Trinajstić information content (AvgIpc) is 2.64. The first-order chi connectivity index (χ1) is 6.33. The van der Waals surface area contributed by atoms with Gasteiger partial charge in [-0.15, -0.1) is 6.58 Å². The number of hydrogen-bond donors (Lipinski definition) is 1. The van der Waals surface area contributed by atoms with Crippen molar-refractivity contribution in [2.75, 3.05) is 6.54 Å². The minimum Gasteiger partial charge on any atom is -0.353 e. The molecule has 0 spiro atoms. The van der Waals surface area contributed by atoms with Gasteiger partial charge >= 0.3 is 0 Å². The predicted octanol–water partition coefficient (Wildman–Crippen LogP) is 2.26. The molecule has 1 saturated carbocycles. The van der Waals surface area contributed by atoms with Crippen LogP contribution in [0.25, 0.3) is 0 Å². The zero-order chi connectivity index (χ0) is 9.52. The van der Waals surface area contributed by atoms with E-state index in [4.69, 9.17) is 0 Å². The van der Waals surface area contributed by atoms with Gasteiger partial charge < -0.3 is 5.32 Å². The van der Waals surface area contributed by atoms with E-state index in [0.717, 1.165) is 12.3 Å². The molecule has 1 amide bonds. The second-order valence-electron chi connectivity index (χ2n) is 3.78. The van der Waals surface area contributed by atoms with Crippen molar-refractivity contribution in [2.45, 2.75) is 38.5 Å². The minimum absolute atomic E-state index is 0.173. The maximum absolute atomic E-state index is 11.2. The zero-order valence-electron chi connectivity index (χ0n) is 8.22. The van der Waals surface area contributed by atoms with E-state index in [0.29, 0.717) is 13.0 Å². The van der Waals surface area contributed by atoms with Crippen molar-refractivity contribution < 1.29 is 4.79 Å². The van der Waals surface area contributed by atoms with Crippen LogP contribution < -0.4 is 5.32 Å². The van der Waals surface area contributed by atoms with Crippen LogP contribution in [0.4, 0.5) is 0 Å². The molecule has 1 aliphatic carbocycles. The summed E-state index contributed by atoms with van der Waals surface area (Å²) in [4.78, 5) is 11.2. The van der Waals surface area contributed by atoms with Crippen LogP contribution in [-0.4, -0.2) is 12.5 Å². The van der Waals surface area contributed by atoms with E-state index in [1.807, 2.05) is 0 Å². The van der Waals surface area contributed by atoms with Crippen LogP contribution in [-0.2, 0) is 4.79 Å². The van der Waals surface area contributed by atoms with Crippen molar-refractivity contribution in [3.8, 4) is 0 Å². The third kappa shape index (κ3) is 4.11. The van der Waals surface area contributed by atoms with Crippen LogP contribution in [0.15, 0.2) is 12.7 Å². The molecule has 0 aromatic heterocycles. The summed E-state index contributed by atoms with van der Waals surface area (Å²) in [5.41, 5.74) is 0. The van der Waals surface area contributed by atoms with Gasteiger partial charge in [-0.05, 0) is 12.3 Å². The fourth-order valence-electron chi connectivity index (χ4n) is 1.91. The molecule has 0 aromatic rings. The molecule has 0 aliphatic heterocycles. The molecule has 1 N–H and O–H groups in total. The molecule has 2 heteroatoms. The highest BCUT2D eigenvalue weighted by molar-refractivity contribution is 5.75. The summed E-state index contributed by atoms with van der Waals surface area (Å²) in [6.07, 6.45) is 8.86. The molecule has 1 rings (SSSR count). The van der Waals surface area contributed by atoms with Crippen LogP contribution in [0.2, 0.25) is 0 Å². The lowest BCUT2D eigenvalue weighted by molar-refractivity contribution is -0.121. The van der Waals surface area contributed by atoms with Gasteiger partial charge in [0.2, 0.25) is 5.91 Å². The summed E-state index contributed by atoms with van der Waals surface area (Å²) in [5, 5.41) is 2.80. The Morgan fingerprint density at radius 1 is 1.46 bits per heavy atom. The highest BCUT2D eigenvalue weighted by Gasteiger charge is 2.15. The normalized spacial score (nSPS) is 17.2. The molecule has 0 bridgehead atoms. The van der Waals surface area contributed by atoms with E-state index in [1.54, 1.807) is 6.08 Å². The van der Waals surface area contributed by atoms with Crippen LogP contribution in [0.3, 0.4) is 0 Å². The summed E-state index contributed by atoms with van der Waals surface area (Å²) >= 11 is 0. The summed E-state index contributed by atoms with van der Waals surface area (Å²) < 4.78 is 0. The molecule has 0 unspecified atom stereocenters. The third-order valence-corrected chi connectivity index (χ3v) is 2.70. The molecule has 0 saturated heterocycles. The first-order valence-electron chi connectivity index (χ1n) is 5.20. The van der Waals surface area contributed by atoms with Crippen molar-refractivity contribution in [1.82, 2.24) is 5.32 Å². The van der Waals surface area contributed by atoms with E-state index in [9.17, 15) is 4.79 Å². The van der Waals surface area contributed by atoms with E-state index in [1.165, 1.54) is 25.7 Å². The highest BCUT2D eigenvalue weighted by atomic mass is 16.1. The van der Waals surface area contributed by atoms with Gasteiger partial charge in [-0.1, -0.05) is 31.8 Å². The summed E-state index contributed by atoms with van der Waals surface area (Å²) in [5.74, 6) is 0.987. The van der Waals surface area contributed by atoms with Crippen LogP contribution in [0.5, 0.6) is 0 Å². The van der Waals surface area contributed by atoms with Crippen molar-refractivity contribution in [2.24, 2.45) is 5.92 Å². The van der Waals surface area contributed by atoms with Crippen LogP contribution >= 0.6 is 0 Å². The fourth-order valence-corrected chi connectivity index (χ4v) is 1.91. The second-order valence-corrected chi connectivity index (χ2v) is 3.78. The van der Waals surface area contributed by atoms with Crippen molar-refractivity contribution in [3.05, 3.63) is 12.7 Å². The van der Waals surface area contributed by atoms with Gasteiger partial charge in [0, 0.05) is 13.0 Å². The maximum atomic E-state index is 11.2. The zero-order valence-corrected chi connectivity index (χ0v) is 8.22. The molecule has 0 radical (unpaired) electrons. The Labute approximate surface area is 80.4 Å². The van der Waals surface area contributed by atoms with Gasteiger partial charge in [-0.2, -0.15) is 0 Å². The number of carbonyl (C=O) groups is 1. The Bertz CT molecular complexity index is 171. The molecule has 74 valence electrons. The van der Waals surface area contributed by atoms with Gasteiger partial charge in [-0.3, -0.25) is 4.79 Å². The maximum Gasteiger partial charge on any atom is 0.220 e. The Morgan fingerprint density at radius 2 is 2.15 bits per heavy atom. The van der Waals surface area contributed by atoms with Crippen molar-refractivity contribution >= 4 is 5.91 Å². The summed E-state index contributed by atoms with van der Waals surface area (Å²) in [7, 11) is 0. The van der Waals surface area contributed by atoms with Crippen LogP contribution in [0, 0.1) is 5.92 Å². The molecule has 0 aromatic carbocycles. The van der Waals surface area contributed by atoms with Crippen LogP contribution in [0.1, 0.15) is 38.5 Å². The Balaban J connectivity index is 2.03. The number of carbonyl (C=O) groups excluding carboxylic acids is 1. The van der Waals surface area contributed by atoms with Gasteiger partial charge in [0.05, 0.1) is 0 Å². The smallest absolute Gasteiger partial charge is 0.220 e. The highest BCUT2D eigenvalue weighted by Crippen LogP contribution is 2.28. The lowest BCUT2D eigenvalue weighted by Gasteiger charge is -2.07. The van der Waals surface area contributed by atoms with Gasteiger partial charge in [0.1, 0.15) is 0 Å². The Morgan fingerprint density at radius 3 is 2.77 bits per heavy atom. The Hall–Kier alpha value is -0.790. The van der Waals surface area contributed by atoms with Gasteiger partial charge in [0.25, 0.3) is 0 Å². The largest absolute Gasteiger partial charge is 0.353 e. The fraction of sp³-hybridized carbons (Fsp3) is 0.727. The number of nitrogens with one attached hydrogen (secondary N) is 1. The van der Waals surface area contributed by atoms with Gasteiger partial charge in [-0.25, -0.2) is 0 Å². The predicted molar refractivity (Wildman–Crippen MR) is 54.4 cm³/mol. The molecule has 13 heavy (non-hydrogen) atoms. The molecular formula is C11H19NO. The molecular weight excluding hydrogens is 162 g/mol. The number of hydrogen-bond acceptors (Lipinski definition) is 1. The standard InChI is InChI=1S/C11H19NO/c1-2-9-12-11(13)8-7-10-5-3-4-6-10/h2,10H,1,3-9H2,(H,12,13). The lowest BCUT2D eigenvalue weighted by atomic mass is 10.0. The van der Waals surface area contributed by atoms with E-state index >= 15 is 0 Å². The monoisotopic (exact) mass is 181 g/mol. The number of amides is 1. The van der Waals surface area contributed by atoms with Crippen molar-refractivity contribution in [3.63, 3.8) is 0 Å². The molecule has 0 heterocycles.